The number of guanidine groups is 1. The molecule has 0 radical (unpaired) electrons. The molecule has 1 aliphatic carbocycles. The van der Waals surface area contributed by atoms with Gasteiger partial charge in [-0.3, -0.25) is 4.99 Å². The molecule has 2 heterocycles. The number of hydrogen-bond acceptors (Lipinski definition) is 5. The van der Waals surface area contributed by atoms with E-state index in [1.807, 2.05) is 6.92 Å². The largest absolute Gasteiger partial charge is 0.433 e. The molecule has 0 bridgehead atoms. The Labute approximate surface area is 182 Å². The lowest BCUT2D eigenvalue weighted by Crippen LogP contribution is -2.51. The third-order valence-electron chi connectivity index (χ3n) is 5.92. The van der Waals surface area contributed by atoms with Crippen molar-refractivity contribution >= 4 is 11.9 Å². The van der Waals surface area contributed by atoms with Crippen molar-refractivity contribution < 1.29 is 13.2 Å². The van der Waals surface area contributed by atoms with Crippen molar-refractivity contribution in [3.05, 3.63) is 18.0 Å². The molecule has 10 heteroatoms. The number of piperidine rings is 1. The molecule has 3 rings (SSSR count). The average molecular weight is 442 g/mol. The molecule has 31 heavy (non-hydrogen) atoms. The first-order valence-corrected chi connectivity index (χ1v) is 11.4. The van der Waals surface area contributed by atoms with Crippen LogP contribution in [0.5, 0.6) is 0 Å². The Morgan fingerprint density at radius 1 is 1.16 bits per heavy atom. The molecule has 0 spiro atoms. The highest BCUT2D eigenvalue weighted by Crippen LogP contribution is 2.27. The standard InChI is InChI=1S/C21H34F3N7/c1-2-25-19(27-12-13-28-20-26-11-8-18(30-20)21(22,23)24)29-16-9-14-31(15-10-16)17-6-4-3-5-7-17/h8,11,16-17H,2-7,9-10,12-15H2,1H3,(H2,25,27,29)(H,26,28,30). The molecule has 3 N–H and O–H groups in total. The summed E-state index contributed by atoms with van der Waals surface area (Å²) in [5, 5.41) is 9.57. The number of anilines is 1. The monoisotopic (exact) mass is 441 g/mol. The Morgan fingerprint density at radius 2 is 1.90 bits per heavy atom. The van der Waals surface area contributed by atoms with Gasteiger partial charge in [-0.25, -0.2) is 9.97 Å². The third-order valence-corrected chi connectivity index (χ3v) is 5.92. The van der Waals surface area contributed by atoms with Crippen LogP contribution in [0.3, 0.4) is 0 Å². The second-order valence-electron chi connectivity index (χ2n) is 8.20. The highest BCUT2D eigenvalue weighted by Gasteiger charge is 2.32. The van der Waals surface area contributed by atoms with Gasteiger partial charge in [0.15, 0.2) is 5.96 Å². The van der Waals surface area contributed by atoms with E-state index in [-0.39, 0.29) is 5.95 Å². The van der Waals surface area contributed by atoms with Gasteiger partial charge in [0.05, 0.1) is 6.54 Å². The van der Waals surface area contributed by atoms with E-state index in [0.29, 0.717) is 19.1 Å². The lowest BCUT2D eigenvalue weighted by molar-refractivity contribution is -0.141. The fourth-order valence-electron chi connectivity index (χ4n) is 4.31. The molecule has 1 saturated heterocycles. The van der Waals surface area contributed by atoms with E-state index in [2.05, 4.69) is 35.8 Å². The first kappa shape index (κ1) is 23.6. The Balaban J connectivity index is 1.43. The van der Waals surface area contributed by atoms with Crippen LogP contribution in [0, 0.1) is 0 Å². The van der Waals surface area contributed by atoms with Crippen LogP contribution in [-0.2, 0) is 6.18 Å². The SMILES string of the molecule is CCNC(=NCCNc1nccc(C(F)(F)F)n1)NC1CCN(C2CCCCC2)CC1. The predicted molar refractivity (Wildman–Crippen MR) is 116 cm³/mol. The van der Waals surface area contributed by atoms with Crippen LogP contribution in [0.4, 0.5) is 19.1 Å². The van der Waals surface area contributed by atoms with Gasteiger partial charge in [0.25, 0.3) is 0 Å². The van der Waals surface area contributed by atoms with Crippen molar-refractivity contribution in [1.29, 1.82) is 0 Å². The van der Waals surface area contributed by atoms with Crippen LogP contribution in [0.25, 0.3) is 0 Å². The molecule has 1 saturated carbocycles. The molecular weight excluding hydrogens is 407 g/mol. The zero-order valence-electron chi connectivity index (χ0n) is 18.2. The molecule has 1 aromatic rings. The van der Waals surface area contributed by atoms with E-state index >= 15 is 0 Å². The summed E-state index contributed by atoms with van der Waals surface area (Å²) in [5.74, 6) is 0.698. The molecule has 2 aliphatic rings. The maximum atomic E-state index is 12.7. The highest BCUT2D eigenvalue weighted by molar-refractivity contribution is 5.80. The molecule has 0 unspecified atom stereocenters. The van der Waals surface area contributed by atoms with Crippen molar-refractivity contribution in [2.75, 3.05) is 38.0 Å². The Morgan fingerprint density at radius 3 is 2.58 bits per heavy atom. The van der Waals surface area contributed by atoms with Crippen LogP contribution < -0.4 is 16.0 Å². The van der Waals surface area contributed by atoms with Gasteiger partial charge >= 0.3 is 6.18 Å². The van der Waals surface area contributed by atoms with Gasteiger partial charge in [-0.2, -0.15) is 13.2 Å². The van der Waals surface area contributed by atoms with Gasteiger partial charge < -0.3 is 20.9 Å². The van der Waals surface area contributed by atoms with Crippen molar-refractivity contribution in [2.24, 2.45) is 4.99 Å². The molecule has 0 aromatic carbocycles. The van der Waals surface area contributed by atoms with Gasteiger partial charge in [-0.15, -0.1) is 0 Å². The van der Waals surface area contributed by atoms with Crippen LogP contribution in [0.2, 0.25) is 0 Å². The van der Waals surface area contributed by atoms with Gasteiger partial charge in [0.2, 0.25) is 5.95 Å². The summed E-state index contributed by atoms with van der Waals surface area (Å²) in [6, 6.07) is 2.01. The summed E-state index contributed by atoms with van der Waals surface area (Å²) in [4.78, 5) is 14.5. The molecule has 174 valence electrons. The molecule has 0 amide bonds. The van der Waals surface area contributed by atoms with Gasteiger partial charge in [-0.05, 0) is 38.7 Å². The lowest BCUT2D eigenvalue weighted by atomic mass is 9.92. The van der Waals surface area contributed by atoms with Gasteiger partial charge in [0, 0.05) is 44.5 Å². The van der Waals surface area contributed by atoms with E-state index in [1.54, 1.807) is 0 Å². The van der Waals surface area contributed by atoms with Crippen LogP contribution in [-0.4, -0.2) is 65.6 Å². The van der Waals surface area contributed by atoms with Gasteiger partial charge in [-0.1, -0.05) is 19.3 Å². The molecule has 2 fully saturated rings. The number of nitrogens with zero attached hydrogens (tertiary/aromatic N) is 4. The Bertz CT molecular complexity index is 696. The zero-order valence-corrected chi connectivity index (χ0v) is 18.2. The van der Waals surface area contributed by atoms with Crippen LogP contribution in [0.1, 0.15) is 57.6 Å². The fraction of sp³-hybridized carbons (Fsp3) is 0.762. The zero-order chi connectivity index (χ0) is 22.1. The van der Waals surface area contributed by atoms with Gasteiger partial charge in [0.1, 0.15) is 5.69 Å². The maximum Gasteiger partial charge on any atom is 0.433 e. The summed E-state index contributed by atoms with van der Waals surface area (Å²) < 4.78 is 38.2. The minimum Gasteiger partial charge on any atom is -0.357 e. The fourth-order valence-corrected chi connectivity index (χ4v) is 4.31. The van der Waals surface area contributed by atoms with Crippen molar-refractivity contribution in [2.45, 2.75) is 70.1 Å². The summed E-state index contributed by atoms with van der Waals surface area (Å²) >= 11 is 0. The highest BCUT2D eigenvalue weighted by atomic mass is 19.4. The number of nitrogens with one attached hydrogen (secondary N) is 3. The topological polar surface area (TPSA) is 77.5 Å². The first-order chi connectivity index (χ1) is 15.0. The molecular formula is C21H34F3N7. The van der Waals surface area contributed by atoms with Crippen molar-refractivity contribution in [3.8, 4) is 0 Å². The minimum absolute atomic E-state index is 0.0435. The van der Waals surface area contributed by atoms with E-state index in [0.717, 1.165) is 56.7 Å². The van der Waals surface area contributed by atoms with Crippen LogP contribution in [0.15, 0.2) is 17.3 Å². The van der Waals surface area contributed by atoms with Crippen molar-refractivity contribution in [1.82, 2.24) is 25.5 Å². The molecule has 0 atom stereocenters. The summed E-state index contributed by atoms with van der Waals surface area (Å²) in [6.45, 7) is 5.74. The number of aliphatic imine (C=N–C) groups is 1. The summed E-state index contributed by atoms with van der Waals surface area (Å²) in [5.41, 5.74) is -0.955. The number of aromatic nitrogens is 2. The Hall–Kier alpha value is -2.10. The minimum atomic E-state index is -4.48. The second kappa shape index (κ2) is 11.5. The Kier molecular flexibility index (Phi) is 8.74. The summed E-state index contributed by atoms with van der Waals surface area (Å²) in [7, 11) is 0. The number of alkyl halides is 3. The second-order valence-corrected chi connectivity index (χ2v) is 8.20. The third kappa shape index (κ3) is 7.52. The first-order valence-electron chi connectivity index (χ1n) is 11.4. The van der Waals surface area contributed by atoms with E-state index in [9.17, 15) is 13.2 Å². The van der Waals surface area contributed by atoms with Crippen molar-refractivity contribution in [3.63, 3.8) is 0 Å². The van der Waals surface area contributed by atoms with Crippen LogP contribution >= 0.6 is 0 Å². The lowest BCUT2D eigenvalue weighted by Gasteiger charge is -2.39. The number of rotatable bonds is 7. The quantitative estimate of drug-likeness (QED) is 0.343. The predicted octanol–water partition coefficient (Wildman–Crippen LogP) is 3.26. The number of halogens is 3. The molecule has 1 aromatic heterocycles. The molecule has 7 nitrogen and oxygen atoms in total. The summed E-state index contributed by atoms with van der Waals surface area (Å²) in [6.07, 6.45) is 5.59. The average Bonchev–Trinajstić information content (AvgIpc) is 2.77. The smallest absolute Gasteiger partial charge is 0.357 e. The number of likely N-dealkylation sites (tertiary alicyclic amines) is 1. The maximum absolute atomic E-state index is 12.7. The molecule has 1 aliphatic heterocycles. The normalized spacial score (nSPS) is 19.9. The number of hydrogen-bond donors (Lipinski definition) is 3. The van der Waals surface area contributed by atoms with E-state index in [4.69, 9.17) is 0 Å². The van der Waals surface area contributed by atoms with E-state index < -0.39 is 11.9 Å². The van der Waals surface area contributed by atoms with E-state index in [1.165, 1.54) is 32.1 Å².